The second kappa shape index (κ2) is 6.08. The molecular weight excluding hydrogens is 255 g/mol. The molecule has 0 amide bonds. The predicted octanol–water partition coefficient (Wildman–Crippen LogP) is 2.95. The Morgan fingerprint density at radius 2 is 1.63 bits per heavy atom. The maximum Gasteiger partial charge on any atom is 0.126 e. The number of hydrogen-bond acceptors (Lipinski definition) is 2. The quantitative estimate of drug-likeness (QED) is 0.798. The first kappa shape index (κ1) is 13.9. The molecule has 0 N–H and O–H groups in total. The van der Waals surface area contributed by atoms with Crippen LogP contribution in [0.4, 0.5) is 0 Å². The van der Waals surface area contributed by atoms with Crippen molar-refractivity contribution in [3.05, 3.63) is 47.5 Å². The highest BCUT2D eigenvalue weighted by atomic mass is 31.1. The number of benzene rings is 2. The summed E-state index contributed by atoms with van der Waals surface area (Å²) in [6.07, 6.45) is 0. The highest BCUT2D eigenvalue weighted by Crippen LogP contribution is 2.24. The molecule has 1 unspecified atom stereocenters. The molecule has 2 aromatic rings. The van der Waals surface area contributed by atoms with Gasteiger partial charge >= 0.3 is 0 Å². The van der Waals surface area contributed by atoms with Gasteiger partial charge in [0, 0.05) is 5.30 Å². The molecule has 0 aliphatic carbocycles. The lowest BCUT2D eigenvalue weighted by Gasteiger charge is -2.12. The highest BCUT2D eigenvalue weighted by molar-refractivity contribution is 7.55. The summed E-state index contributed by atoms with van der Waals surface area (Å²) in [5, 5.41) is 2.53. The molecule has 2 rings (SSSR count). The normalized spacial score (nSPS) is 10.9. The molecule has 2 nitrogen and oxygen atoms in total. The van der Waals surface area contributed by atoms with Crippen LogP contribution in [0.15, 0.2) is 36.4 Å². The van der Waals surface area contributed by atoms with Crippen molar-refractivity contribution in [1.29, 1.82) is 0 Å². The average molecular weight is 274 g/mol. The number of hydrogen-bond donors (Lipinski definition) is 0. The van der Waals surface area contributed by atoms with E-state index in [2.05, 4.69) is 38.1 Å². The van der Waals surface area contributed by atoms with Gasteiger partial charge in [-0.1, -0.05) is 32.3 Å². The molecule has 0 spiro atoms. The summed E-state index contributed by atoms with van der Waals surface area (Å²) in [7, 11) is 3.97. The second-order valence-electron chi connectivity index (χ2n) is 4.51. The fourth-order valence-corrected chi connectivity index (χ4v) is 3.32. The maximum atomic E-state index is 5.44. The standard InChI is InChI=1S/C16H19O2P/c1-11-5-6-12(2)15(9-11)19-16-10-13(17-3)7-8-14(16)18-4/h5-10,19H,1-4H3. The Bertz CT molecular complexity index is 579. The molecule has 0 fully saturated rings. The largest absolute Gasteiger partial charge is 0.497 e. The maximum absolute atomic E-state index is 5.44. The zero-order valence-electron chi connectivity index (χ0n) is 11.8. The minimum Gasteiger partial charge on any atom is -0.497 e. The third-order valence-electron chi connectivity index (χ3n) is 3.07. The molecule has 0 aliphatic rings. The topological polar surface area (TPSA) is 18.5 Å². The fourth-order valence-electron chi connectivity index (χ4n) is 1.93. The van der Waals surface area contributed by atoms with Crippen LogP contribution in [0.5, 0.6) is 11.5 Å². The zero-order chi connectivity index (χ0) is 13.8. The van der Waals surface area contributed by atoms with Crippen molar-refractivity contribution < 1.29 is 9.47 Å². The van der Waals surface area contributed by atoms with Crippen molar-refractivity contribution in [2.45, 2.75) is 13.8 Å². The molecule has 19 heavy (non-hydrogen) atoms. The van der Waals surface area contributed by atoms with Gasteiger partial charge in [0.15, 0.2) is 0 Å². The smallest absolute Gasteiger partial charge is 0.126 e. The lowest BCUT2D eigenvalue weighted by Crippen LogP contribution is -2.10. The van der Waals surface area contributed by atoms with Gasteiger partial charge in [-0.05, 0) is 42.9 Å². The third-order valence-corrected chi connectivity index (χ3v) is 4.54. The Labute approximate surface area is 116 Å². The van der Waals surface area contributed by atoms with Crippen LogP contribution in [0.25, 0.3) is 0 Å². The Balaban J connectivity index is 2.38. The van der Waals surface area contributed by atoms with Gasteiger partial charge < -0.3 is 9.47 Å². The van der Waals surface area contributed by atoms with Crippen molar-refractivity contribution >= 4 is 19.2 Å². The summed E-state index contributed by atoms with van der Waals surface area (Å²) in [5.41, 5.74) is 2.60. The van der Waals surface area contributed by atoms with E-state index in [4.69, 9.17) is 9.47 Å². The molecule has 0 aliphatic heterocycles. The van der Waals surface area contributed by atoms with E-state index in [0.717, 1.165) is 11.5 Å². The van der Waals surface area contributed by atoms with Gasteiger partial charge in [-0.3, -0.25) is 0 Å². The second-order valence-corrected chi connectivity index (χ2v) is 5.84. The summed E-state index contributed by atoms with van der Waals surface area (Å²) in [5.74, 6) is 1.79. The van der Waals surface area contributed by atoms with Crippen LogP contribution in [0, 0.1) is 13.8 Å². The fraction of sp³-hybridized carbons (Fsp3) is 0.250. The van der Waals surface area contributed by atoms with Gasteiger partial charge in [0.05, 0.1) is 14.2 Å². The average Bonchev–Trinajstić information content (AvgIpc) is 2.42. The first-order chi connectivity index (χ1) is 9.13. The first-order valence-electron chi connectivity index (χ1n) is 6.20. The van der Waals surface area contributed by atoms with Crippen molar-refractivity contribution in [2.24, 2.45) is 0 Å². The summed E-state index contributed by atoms with van der Waals surface area (Å²) in [6, 6.07) is 12.5. The van der Waals surface area contributed by atoms with E-state index in [0.29, 0.717) is 8.58 Å². The Kier molecular flexibility index (Phi) is 4.44. The van der Waals surface area contributed by atoms with Gasteiger partial charge in [0.1, 0.15) is 11.5 Å². The third kappa shape index (κ3) is 3.27. The zero-order valence-corrected chi connectivity index (χ0v) is 12.8. The number of rotatable bonds is 4. The Morgan fingerprint density at radius 1 is 0.842 bits per heavy atom. The molecule has 0 bridgehead atoms. The van der Waals surface area contributed by atoms with Crippen LogP contribution in [0.1, 0.15) is 11.1 Å². The van der Waals surface area contributed by atoms with E-state index in [-0.39, 0.29) is 0 Å². The summed E-state index contributed by atoms with van der Waals surface area (Å²) in [6.45, 7) is 4.27. The molecule has 1 atom stereocenters. The minimum atomic E-state index is 0.572. The number of ether oxygens (including phenoxy) is 2. The minimum absolute atomic E-state index is 0.572. The van der Waals surface area contributed by atoms with Crippen LogP contribution in [0.3, 0.4) is 0 Å². The van der Waals surface area contributed by atoms with Crippen molar-refractivity contribution in [1.82, 2.24) is 0 Å². The van der Waals surface area contributed by atoms with Gasteiger partial charge in [-0.15, -0.1) is 0 Å². The van der Waals surface area contributed by atoms with E-state index >= 15 is 0 Å². The van der Waals surface area contributed by atoms with Crippen LogP contribution >= 0.6 is 8.58 Å². The van der Waals surface area contributed by atoms with Crippen LogP contribution < -0.4 is 20.1 Å². The lowest BCUT2D eigenvalue weighted by molar-refractivity contribution is 0.406. The summed E-state index contributed by atoms with van der Waals surface area (Å²) >= 11 is 0. The van der Waals surface area contributed by atoms with E-state index in [1.807, 2.05) is 12.1 Å². The molecule has 0 saturated carbocycles. The summed E-state index contributed by atoms with van der Waals surface area (Å²) < 4.78 is 10.7. The molecule has 0 heterocycles. The van der Waals surface area contributed by atoms with E-state index in [9.17, 15) is 0 Å². The van der Waals surface area contributed by atoms with Crippen molar-refractivity contribution in [3.63, 3.8) is 0 Å². The monoisotopic (exact) mass is 274 g/mol. The van der Waals surface area contributed by atoms with Crippen LogP contribution in [-0.2, 0) is 0 Å². The Morgan fingerprint density at radius 3 is 2.32 bits per heavy atom. The highest BCUT2D eigenvalue weighted by Gasteiger charge is 2.08. The molecule has 0 radical (unpaired) electrons. The van der Waals surface area contributed by atoms with Gasteiger partial charge in [-0.25, -0.2) is 0 Å². The van der Waals surface area contributed by atoms with E-state index in [1.165, 1.54) is 21.7 Å². The number of aryl methyl sites for hydroxylation is 2. The van der Waals surface area contributed by atoms with Gasteiger partial charge in [0.2, 0.25) is 0 Å². The van der Waals surface area contributed by atoms with Gasteiger partial charge in [0.25, 0.3) is 0 Å². The van der Waals surface area contributed by atoms with E-state index < -0.39 is 0 Å². The van der Waals surface area contributed by atoms with Gasteiger partial charge in [-0.2, -0.15) is 0 Å². The van der Waals surface area contributed by atoms with Crippen molar-refractivity contribution in [2.75, 3.05) is 14.2 Å². The SMILES string of the molecule is COc1ccc(OC)c(Pc2cc(C)ccc2C)c1. The molecule has 0 saturated heterocycles. The van der Waals surface area contributed by atoms with Crippen molar-refractivity contribution in [3.8, 4) is 11.5 Å². The Hall–Kier alpha value is -1.53. The molecule has 100 valence electrons. The van der Waals surface area contributed by atoms with E-state index in [1.54, 1.807) is 14.2 Å². The molecular formula is C16H19O2P. The molecule has 3 heteroatoms. The lowest BCUT2D eigenvalue weighted by atomic mass is 10.2. The molecule has 0 aromatic heterocycles. The first-order valence-corrected chi connectivity index (χ1v) is 7.20. The summed E-state index contributed by atoms with van der Waals surface area (Å²) in [4.78, 5) is 0. The predicted molar refractivity (Wildman–Crippen MR) is 83.0 cm³/mol. The molecule has 2 aromatic carbocycles. The number of methoxy groups -OCH3 is 2. The van der Waals surface area contributed by atoms with Crippen LogP contribution in [0.2, 0.25) is 0 Å². The van der Waals surface area contributed by atoms with Crippen LogP contribution in [-0.4, -0.2) is 14.2 Å².